The van der Waals surface area contributed by atoms with Gasteiger partial charge in [-0.2, -0.15) is 5.10 Å². The van der Waals surface area contributed by atoms with E-state index in [-0.39, 0.29) is 24.1 Å². The van der Waals surface area contributed by atoms with Gasteiger partial charge in [0.25, 0.3) is 5.91 Å². The van der Waals surface area contributed by atoms with Crippen molar-refractivity contribution in [2.75, 3.05) is 6.54 Å². The molecule has 2 aromatic heterocycles. The lowest BCUT2D eigenvalue weighted by Crippen LogP contribution is -2.31. The molecule has 5 rings (SSSR count). The van der Waals surface area contributed by atoms with Crippen molar-refractivity contribution in [3.8, 4) is 17.1 Å². The van der Waals surface area contributed by atoms with E-state index in [1.165, 1.54) is 0 Å². The van der Waals surface area contributed by atoms with E-state index in [4.69, 9.17) is 5.10 Å². The Kier molecular flexibility index (Phi) is 6.60. The highest BCUT2D eigenvalue weighted by molar-refractivity contribution is 5.94. The number of halogens is 2. The Labute approximate surface area is 205 Å². The fraction of sp³-hybridized carbons (Fsp3) is 0.308. The highest BCUT2D eigenvalue weighted by Crippen LogP contribution is 2.34. The first-order chi connectivity index (χ1) is 17.4. The van der Waals surface area contributed by atoms with Crippen molar-refractivity contribution in [3.63, 3.8) is 0 Å². The number of carbonyl (C=O) groups is 1. The Morgan fingerprint density at radius 3 is 2.44 bits per heavy atom. The number of nitrogens with one attached hydrogen (secondary N) is 1. The highest BCUT2D eigenvalue weighted by atomic mass is 19.1. The quantitative estimate of drug-likeness (QED) is 0.372. The number of aromatic nitrogens is 4. The maximum Gasteiger partial charge on any atom is 0.251 e. The van der Waals surface area contributed by atoms with Crippen LogP contribution in [0, 0.1) is 17.6 Å². The minimum absolute atomic E-state index is 0.112. The number of fused-ring (bicyclic) bond motifs is 1. The minimum Gasteiger partial charge on any atom is -0.503 e. The fourth-order valence-electron chi connectivity index (χ4n) is 4.66. The normalized spacial score (nSPS) is 17.9. The average molecular weight is 494 g/mol. The second kappa shape index (κ2) is 9.98. The third-order valence-corrected chi connectivity index (χ3v) is 6.70. The summed E-state index contributed by atoms with van der Waals surface area (Å²) in [5, 5.41) is 27.0. The monoisotopic (exact) mass is 493 g/mol. The predicted molar refractivity (Wildman–Crippen MR) is 128 cm³/mol. The summed E-state index contributed by atoms with van der Waals surface area (Å²) >= 11 is 0. The third-order valence-electron chi connectivity index (χ3n) is 6.70. The zero-order valence-electron chi connectivity index (χ0n) is 19.4. The van der Waals surface area contributed by atoms with Crippen LogP contribution >= 0.6 is 0 Å². The van der Waals surface area contributed by atoms with Crippen molar-refractivity contribution >= 4 is 16.8 Å². The lowest BCUT2D eigenvalue weighted by Gasteiger charge is -2.28. The molecular weight excluding hydrogens is 468 g/mol. The summed E-state index contributed by atoms with van der Waals surface area (Å²) in [6.07, 6.45) is 8.75. The molecule has 2 heterocycles. The Balaban J connectivity index is 1.22. The van der Waals surface area contributed by atoms with Crippen LogP contribution in [0.15, 0.2) is 48.9 Å². The number of phenols is 1. The van der Waals surface area contributed by atoms with Crippen molar-refractivity contribution in [1.82, 2.24) is 25.1 Å². The smallest absolute Gasteiger partial charge is 0.251 e. The van der Waals surface area contributed by atoms with Gasteiger partial charge in [0.05, 0.1) is 12.6 Å². The van der Waals surface area contributed by atoms with Gasteiger partial charge in [0.15, 0.2) is 23.2 Å². The highest BCUT2D eigenvalue weighted by Gasteiger charge is 2.24. The largest absolute Gasteiger partial charge is 0.503 e. The number of carbonyl (C=O) groups excluding carboxylic acids is 1. The molecule has 0 aliphatic heterocycles. The van der Waals surface area contributed by atoms with Gasteiger partial charge in [-0.15, -0.1) is 0 Å². The molecule has 3 N–H and O–H groups in total. The molecular formula is C26H25F2N5O3. The van der Waals surface area contributed by atoms with Crippen LogP contribution in [-0.4, -0.2) is 42.4 Å². The summed E-state index contributed by atoms with van der Waals surface area (Å²) in [5.74, 6) is -3.19. The van der Waals surface area contributed by atoms with Gasteiger partial charge in [-0.05, 0) is 49.8 Å². The second-order valence-electron chi connectivity index (χ2n) is 9.10. The first-order valence-electron chi connectivity index (χ1n) is 11.8. The Morgan fingerprint density at radius 1 is 1.08 bits per heavy atom. The lowest BCUT2D eigenvalue weighted by molar-refractivity contribution is 0.0940. The van der Waals surface area contributed by atoms with Gasteiger partial charge in [-0.25, -0.2) is 18.7 Å². The van der Waals surface area contributed by atoms with Crippen LogP contribution in [0.5, 0.6) is 5.75 Å². The first-order valence-corrected chi connectivity index (χ1v) is 11.8. The van der Waals surface area contributed by atoms with Gasteiger partial charge in [0, 0.05) is 47.2 Å². The maximum atomic E-state index is 13.5. The van der Waals surface area contributed by atoms with Crippen LogP contribution in [-0.2, 0) is 6.61 Å². The molecule has 0 radical (unpaired) electrons. The summed E-state index contributed by atoms with van der Waals surface area (Å²) in [5.41, 5.74) is 2.13. The third kappa shape index (κ3) is 4.76. The number of nitrogens with zero attached hydrogens (tertiary/aromatic N) is 4. The fourth-order valence-corrected chi connectivity index (χ4v) is 4.66. The zero-order valence-corrected chi connectivity index (χ0v) is 19.4. The Bertz CT molecular complexity index is 1380. The van der Waals surface area contributed by atoms with Crippen LogP contribution in [0.1, 0.15) is 47.6 Å². The van der Waals surface area contributed by atoms with Crippen LogP contribution in [0.3, 0.4) is 0 Å². The number of benzene rings is 2. The van der Waals surface area contributed by atoms with E-state index < -0.39 is 23.3 Å². The molecule has 36 heavy (non-hydrogen) atoms. The van der Waals surface area contributed by atoms with E-state index in [0.717, 1.165) is 54.3 Å². The number of aliphatic hydroxyl groups excluding tert-OH is 1. The standard InChI is InChI=1S/C26H25F2N5O3/c27-21-8-18(9-22(28)24(21)35)26(36)31-10-15-4-6-19(7-5-15)33-13-17-2-1-3-20(23(17)32-33)25-29-11-16(14-34)12-30-25/h1-3,8-9,11-13,15,19,34-35H,4-7,10,14H2,(H,31,36). The Morgan fingerprint density at radius 2 is 1.78 bits per heavy atom. The van der Waals surface area contributed by atoms with E-state index in [1.54, 1.807) is 12.4 Å². The molecule has 0 atom stereocenters. The molecule has 0 spiro atoms. The molecule has 0 saturated heterocycles. The summed E-state index contributed by atoms with van der Waals surface area (Å²) in [6, 6.07) is 7.74. The van der Waals surface area contributed by atoms with Gasteiger partial charge >= 0.3 is 0 Å². The molecule has 1 amide bonds. The van der Waals surface area contributed by atoms with Crippen LogP contribution in [0.25, 0.3) is 22.3 Å². The topological polar surface area (TPSA) is 113 Å². The molecule has 0 unspecified atom stereocenters. The van der Waals surface area contributed by atoms with Gasteiger partial charge < -0.3 is 15.5 Å². The second-order valence-corrected chi connectivity index (χ2v) is 9.10. The zero-order chi connectivity index (χ0) is 25.2. The molecule has 10 heteroatoms. The molecule has 8 nitrogen and oxygen atoms in total. The summed E-state index contributed by atoms with van der Waals surface area (Å²) in [7, 11) is 0. The van der Waals surface area contributed by atoms with Crippen LogP contribution in [0.2, 0.25) is 0 Å². The van der Waals surface area contributed by atoms with E-state index in [1.807, 2.05) is 29.1 Å². The van der Waals surface area contributed by atoms with Crippen LogP contribution < -0.4 is 5.32 Å². The number of aliphatic hydroxyl groups is 1. The molecule has 1 saturated carbocycles. The molecule has 1 aliphatic carbocycles. The predicted octanol–water partition coefficient (Wildman–Crippen LogP) is 4.13. The first kappa shape index (κ1) is 23.8. The lowest BCUT2D eigenvalue weighted by atomic mass is 9.86. The van der Waals surface area contributed by atoms with Crippen molar-refractivity contribution in [3.05, 3.63) is 71.7 Å². The van der Waals surface area contributed by atoms with Crippen molar-refractivity contribution in [2.24, 2.45) is 5.92 Å². The van der Waals surface area contributed by atoms with Crippen molar-refractivity contribution in [1.29, 1.82) is 0 Å². The number of aromatic hydroxyl groups is 1. The SMILES string of the molecule is O=C(NCC1CCC(n2cc3cccc(-c4ncc(CO)cn4)c3n2)CC1)c1cc(F)c(O)c(F)c1. The van der Waals surface area contributed by atoms with E-state index in [2.05, 4.69) is 15.3 Å². The van der Waals surface area contributed by atoms with Gasteiger partial charge in [-0.1, -0.05) is 12.1 Å². The molecule has 1 fully saturated rings. The molecule has 0 bridgehead atoms. The number of phenolic OH excluding ortho intramolecular Hbond substituents is 1. The van der Waals surface area contributed by atoms with Gasteiger partial charge in [0.1, 0.15) is 5.52 Å². The van der Waals surface area contributed by atoms with Gasteiger partial charge in [-0.3, -0.25) is 9.48 Å². The average Bonchev–Trinajstić information content (AvgIpc) is 3.35. The number of hydrogen-bond acceptors (Lipinski definition) is 6. The van der Waals surface area contributed by atoms with Crippen LogP contribution in [0.4, 0.5) is 8.78 Å². The maximum absolute atomic E-state index is 13.5. The van der Waals surface area contributed by atoms with E-state index >= 15 is 0 Å². The molecule has 4 aromatic rings. The molecule has 2 aromatic carbocycles. The molecule has 1 aliphatic rings. The van der Waals surface area contributed by atoms with E-state index in [0.29, 0.717) is 17.9 Å². The number of rotatable bonds is 6. The van der Waals surface area contributed by atoms with E-state index in [9.17, 15) is 23.8 Å². The van der Waals surface area contributed by atoms with Crippen molar-refractivity contribution < 1.29 is 23.8 Å². The summed E-state index contributed by atoms with van der Waals surface area (Å²) in [6.45, 7) is 0.293. The molecule has 186 valence electrons. The van der Waals surface area contributed by atoms with Gasteiger partial charge in [0.2, 0.25) is 0 Å². The summed E-state index contributed by atoms with van der Waals surface area (Å²) in [4.78, 5) is 21.0. The Hall–Kier alpha value is -3.92. The van der Waals surface area contributed by atoms with Crippen molar-refractivity contribution in [2.45, 2.75) is 38.3 Å². The summed E-state index contributed by atoms with van der Waals surface area (Å²) < 4.78 is 29.1. The number of hydrogen-bond donors (Lipinski definition) is 3. The minimum atomic E-state index is -1.16. The number of amides is 1.